The number of benzene rings is 1. The number of likely N-dealkylation sites (tertiary alicyclic amines) is 1. The van der Waals surface area contributed by atoms with Crippen molar-refractivity contribution in [2.45, 2.75) is 32.3 Å². The second kappa shape index (κ2) is 8.81. The Labute approximate surface area is 149 Å². The number of rotatable bonds is 7. The van der Waals surface area contributed by atoms with Crippen LogP contribution in [0, 0.1) is 0 Å². The third-order valence-electron chi connectivity index (χ3n) is 4.75. The summed E-state index contributed by atoms with van der Waals surface area (Å²) in [5, 5.41) is 4.45. The molecule has 0 N–H and O–H groups in total. The molecular formula is C20H27N3O2. The van der Waals surface area contributed by atoms with Crippen molar-refractivity contribution in [2.75, 3.05) is 33.2 Å². The van der Waals surface area contributed by atoms with E-state index in [1.165, 1.54) is 5.57 Å². The number of hydrogen-bond donors (Lipinski definition) is 0. The number of carbonyl (C=O) groups is 1. The monoisotopic (exact) mass is 341 g/mol. The fourth-order valence-corrected chi connectivity index (χ4v) is 3.31. The molecule has 0 bridgehead atoms. The van der Waals surface area contributed by atoms with Crippen LogP contribution >= 0.6 is 0 Å². The second-order valence-corrected chi connectivity index (χ2v) is 6.79. The maximum atomic E-state index is 11.8. The van der Waals surface area contributed by atoms with Crippen LogP contribution in [-0.4, -0.2) is 54.6 Å². The van der Waals surface area contributed by atoms with E-state index >= 15 is 0 Å². The van der Waals surface area contributed by atoms with Crippen LogP contribution in [0.15, 0.2) is 47.1 Å². The molecule has 0 saturated carbocycles. The van der Waals surface area contributed by atoms with Gasteiger partial charge in [0, 0.05) is 39.0 Å². The van der Waals surface area contributed by atoms with E-state index in [0.717, 1.165) is 56.7 Å². The topological polar surface area (TPSA) is 45.1 Å². The molecule has 25 heavy (non-hydrogen) atoms. The van der Waals surface area contributed by atoms with Gasteiger partial charge in [0.2, 0.25) is 5.91 Å². The molecule has 3 rings (SSSR count). The minimum Gasteiger partial charge on any atom is -0.391 e. The van der Waals surface area contributed by atoms with Gasteiger partial charge in [-0.1, -0.05) is 41.6 Å². The maximum Gasteiger partial charge on any atom is 0.222 e. The lowest BCUT2D eigenvalue weighted by atomic mass is 10.0. The molecule has 0 spiro atoms. The Kier molecular flexibility index (Phi) is 6.23. The Morgan fingerprint density at radius 2 is 2.08 bits per heavy atom. The zero-order valence-electron chi connectivity index (χ0n) is 15.0. The Hall–Kier alpha value is -2.14. The average Bonchev–Trinajstić information content (AvgIpc) is 3.04. The first-order valence-electron chi connectivity index (χ1n) is 9.11. The van der Waals surface area contributed by atoms with Gasteiger partial charge < -0.3 is 14.6 Å². The summed E-state index contributed by atoms with van der Waals surface area (Å²) in [5.74, 6) is 0.263. The minimum atomic E-state index is 0.263. The summed E-state index contributed by atoms with van der Waals surface area (Å²) in [5.41, 5.74) is 3.31. The molecule has 0 unspecified atom stereocenters. The van der Waals surface area contributed by atoms with E-state index in [4.69, 9.17) is 4.84 Å². The minimum absolute atomic E-state index is 0.263. The number of amides is 1. The van der Waals surface area contributed by atoms with Gasteiger partial charge in [-0.05, 0) is 31.0 Å². The summed E-state index contributed by atoms with van der Waals surface area (Å²) in [6.45, 7) is 4.03. The molecule has 0 atom stereocenters. The maximum absolute atomic E-state index is 11.8. The summed E-state index contributed by atoms with van der Waals surface area (Å²) in [6, 6.07) is 10.1. The molecule has 1 aromatic rings. The molecule has 2 heterocycles. The van der Waals surface area contributed by atoms with Crippen LogP contribution in [0.1, 0.15) is 31.2 Å². The molecule has 2 aliphatic rings. The van der Waals surface area contributed by atoms with E-state index in [1.54, 1.807) is 0 Å². The van der Waals surface area contributed by atoms with E-state index in [1.807, 2.05) is 35.2 Å². The number of oxime groups is 1. The molecule has 5 nitrogen and oxygen atoms in total. The molecule has 0 aliphatic carbocycles. The molecule has 0 aromatic heterocycles. The third-order valence-corrected chi connectivity index (χ3v) is 4.75. The fourth-order valence-electron chi connectivity index (χ4n) is 3.31. The van der Waals surface area contributed by atoms with Crippen molar-refractivity contribution in [2.24, 2.45) is 5.16 Å². The first kappa shape index (κ1) is 17.7. The summed E-state index contributed by atoms with van der Waals surface area (Å²) in [4.78, 5) is 21.7. The lowest BCUT2D eigenvalue weighted by molar-refractivity contribution is -0.127. The van der Waals surface area contributed by atoms with Gasteiger partial charge >= 0.3 is 0 Å². The molecular weight excluding hydrogens is 314 g/mol. The van der Waals surface area contributed by atoms with Crippen LogP contribution in [0.2, 0.25) is 0 Å². The smallest absolute Gasteiger partial charge is 0.222 e. The predicted octanol–water partition coefficient (Wildman–Crippen LogP) is 2.83. The van der Waals surface area contributed by atoms with Gasteiger partial charge in [-0.15, -0.1) is 0 Å². The van der Waals surface area contributed by atoms with E-state index in [0.29, 0.717) is 13.0 Å². The third kappa shape index (κ3) is 5.16. The van der Waals surface area contributed by atoms with Crippen molar-refractivity contribution >= 4 is 11.6 Å². The highest BCUT2D eigenvalue weighted by atomic mass is 16.6. The van der Waals surface area contributed by atoms with Gasteiger partial charge in [0.05, 0.1) is 5.71 Å². The standard InChI is InChI=1S/C20H27N3O2/c1-22-12-5-9-18(15-22)19(11-14-23-13-6-10-20(23)24)21-25-16-17-7-3-2-4-8-17/h2-4,7-9H,5-6,10-16H2,1H3. The first-order chi connectivity index (χ1) is 12.2. The first-order valence-corrected chi connectivity index (χ1v) is 9.11. The van der Waals surface area contributed by atoms with E-state index in [-0.39, 0.29) is 5.91 Å². The van der Waals surface area contributed by atoms with Crippen molar-refractivity contribution in [3.05, 3.63) is 47.5 Å². The SMILES string of the molecule is CN1CCC=C(C(CCN2CCCC2=O)=NOCc2ccccc2)C1. The van der Waals surface area contributed by atoms with Gasteiger partial charge in [-0.3, -0.25) is 4.79 Å². The Morgan fingerprint density at radius 1 is 1.24 bits per heavy atom. The van der Waals surface area contributed by atoms with Crippen LogP contribution in [0.5, 0.6) is 0 Å². The van der Waals surface area contributed by atoms with Crippen molar-refractivity contribution in [1.82, 2.24) is 9.80 Å². The predicted molar refractivity (Wildman–Crippen MR) is 99.3 cm³/mol. The molecule has 0 radical (unpaired) electrons. The Morgan fingerprint density at radius 3 is 2.80 bits per heavy atom. The van der Waals surface area contributed by atoms with E-state index in [9.17, 15) is 4.79 Å². The molecule has 1 amide bonds. The fraction of sp³-hybridized carbons (Fsp3) is 0.500. The van der Waals surface area contributed by atoms with Gasteiger partial charge in [-0.2, -0.15) is 0 Å². The number of carbonyl (C=O) groups excluding carboxylic acids is 1. The Bertz CT molecular complexity index is 640. The van der Waals surface area contributed by atoms with Crippen LogP contribution in [0.3, 0.4) is 0 Å². The average molecular weight is 341 g/mol. The van der Waals surface area contributed by atoms with Crippen LogP contribution < -0.4 is 0 Å². The molecule has 1 saturated heterocycles. The Balaban J connectivity index is 1.63. The second-order valence-electron chi connectivity index (χ2n) is 6.79. The molecule has 1 aromatic carbocycles. The zero-order chi connectivity index (χ0) is 17.5. The molecule has 134 valence electrons. The highest BCUT2D eigenvalue weighted by molar-refractivity contribution is 6.00. The zero-order valence-corrected chi connectivity index (χ0v) is 15.0. The van der Waals surface area contributed by atoms with E-state index in [2.05, 4.69) is 23.2 Å². The van der Waals surface area contributed by atoms with Crippen molar-refractivity contribution < 1.29 is 9.63 Å². The van der Waals surface area contributed by atoms with Crippen LogP contribution in [0.4, 0.5) is 0 Å². The molecule has 5 heteroatoms. The summed E-state index contributed by atoms with van der Waals surface area (Å²) >= 11 is 0. The largest absolute Gasteiger partial charge is 0.391 e. The number of likely N-dealkylation sites (N-methyl/N-ethyl adjacent to an activating group) is 1. The lowest BCUT2D eigenvalue weighted by Gasteiger charge is -2.24. The quantitative estimate of drug-likeness (QED) is 0.566. The van der Waals surface area contributed by atoms with Gasteiger partial charge in [0.1, 0.15) is 6.61 Å². The van der Waals surface area contributed by atoms with Crippen molar-refractivity contribution in [3.8, 4) is 0 Å². The van der Waals surface area contributed by atoms with Crippen molar-refractivity contribution in [3.63, 3.8) is 0 Å². The normalized spacial score (nSPS) is 19.2. The van der Waals surface area contributed by atoms with Crippen LogP contribution in [0.25, 0.3) is 0 Å². The molecule has 2 aliphatic heterocycles. The number of nitrogens with zero attached hydrogens (tertiary/aromatic N) is 3. The van der Waals surface area contributed by atoms with E-state index < -0.39 is 0 Å². The summed E-state index contributed by atoms with van der Waals surface area (Å²) in [7, 11) is 2.12. The molecule has 1 fully saturated rings. The van der Waals surface area contributed by atoms with Crippen LogP contribution in [-0.2, 0) is 16.2 Å². The highest BCUT2D eigenvalue weighted by Gasteiger charge is 2.22. The summed E-state index contributed by atoms with van der Waals surface area (Å²) in [6.07, 6.45) is 5.70. The lowest BCUT2D eigenvalue weighted by Crippen LogP contribution is -2.31. The summed E-state index contributed by atoms with van der Waals surface area (Å²) < 4.78 is 0. The van der Waals surface area contributed by atoms with Gasteiger partial charge in [0.25, 0.3) is 0 Å². The number of hydrogen-bond acceptors (Lipinski definition) is 4. The highest BCUT2D eigenvalue weighted by Crippen LogP contribution is 2.16. The van der Waals surface area contributed by atoms with Gasteiger partial charge in [0.15, 0.2) is 0 Å². The van der Waals surface area contributed by atoms with Crippen molar-refractivity contribution in [1.29, 1.82) is 0 Å². The van der Waals surface area contributed by atoms with Gasteiger partial charge in [-0.25, -0.2) is 0 Å².